The van der Waals surface area contributed by atoms with E-state index in [1.807, 2.05) is 37.3 Å². The molecule has 1 N–H and O–H groups in total. The van der Waals surface area contributed by atoms with Gasteiger partial charge in [0.15, 0.2) is 0 Å². The van der Waals surface area contributed by atoms with Crippen LogP contribution in [0.2, 0.25) is 0 Å². The van der Waals surface area contributed by atoms with E-state index in [1.54, 1.807) is 6.92 Å². The molecule has 0 aliphatic carbocycles. The molecule has 1 nitrogen and oxygen atoms in total. The van der Waals surface area contributed by atoms with Crippen LogP contribution in [0.3, 0.4) is 0 Å². The number of hydrogen-bond acceptors (Lipinski definition) is 1. The van der Waals surface area contributed by atoms with E-state index in [9.17, 15) is 5.11 Å². The number of aliphatic hydroxyl groups excluding tert-OH is 1. The van der Waals surface area contributed by atoms with Crippen molar-refractivity contribution in [3.63, 3.8) is 0 Å². The van der Waals surface area contributed by atoms with Crippen LogP contribution >= 0.6 is 0 Å². The monoisotopic (exact) mass is 174 g/mol. The molecule has 2 unspecified atom stereocenters. The van der Waals surface area contributed by atoms with Crippen LogP contribution < -0.4 is 0 Å². The molecule has 0 bridgehead atoms. The quantitative estimate of drug-likeness (QED) is 0.681. The SMILES string of the molecule is CC#CC(O)C(C)c1ccccc1. The van der Waals surface area contributed by atoms with Gasteiger partial charge in [0.25, 0.3) is 0 Å². The highest BCUT2D eigenvalue weighted by molar-refractivity contribution is 5.23. The summed E-state index contributed by atoms with van der Waals surface area (Å²) in [4.78, 5) is 0. The topological polar surface area (TPSA) is 20.2 Å². The minimum absolute atomic E-state index is 0.0775. The summed E-state index contributed by atoms with van der Waals surface area (Å²) in [6.45, 7) is 3.71. The zero-order valence-electron chi connectivity index (χ0n) is 7.99. The van der Waals surface area contributed by atoms with Gasteiger partial charge in [0.1, 0.15) is 6.10 Å². The van der Waals surface area contributed by atoms with Gasteiger partial charge in [-0.15, -0.1) is 5.92 Å². The van der Waals surface area contributed by atoms with Gasteiger partial charge in [-0.2, -0.15) is 0 Å². The van der Waals surface area contributed by atoms with Gasteiger partial charge >= 0.3 is 0 Å². The van der Waals surface area contributed by atoms with Crippen molar-refractivity contribution in [2.45, 2.75) is 25.9 Å². The lowest BCUT2D eigenvalue weighted by atomic mass is 9.96. The molecule has 1 aromatic carbocycles. The van der Waals surface area contributed by atoms with E-state index >= 15 is 0 Å². The summed E-state index contributed by atoms with van der Waals surface area (Å²) in [5.74, 6) is 5.54. The summed E-state index contributed by atoms with van der Waals surface area (Å²) < 4.78 is 0. The molecule has 0 amide bonds. The van der Waals surface area contributed by atoms with Crippen molar-refractivity contribution in [3.8, 4) is 11.8 Å². The zero-order chi connectivity index (χ0) is 9.68. The second kappa shape index (κ2) is 4.69. The Balaban J connectivity index is 2.77. The van der Waals surface area contributed by atoms with Crippen LogP contribution in [0.1, 0.15) is 25.3 Å². The number of rotatable bonds is 2. The molecule has 0 aliphatic rings. The van der Waals surface area contributed by atoms with E-state index in [2.05, 4.69) is 11.8 Å². The summed E-state index contributed by atoms with van der Waals surface area (Å²) in [6.07, 6.45) is -0.563. The molecule has 0 saturated heterocycles. The fourth-order valence-corrected chi connectivity index (χ4v) is 1.21. The van der Waals surface area contributed by atoms with Crippen LogP contribution in [0.15, 0.2) is 30.3 Å². The fourth-order valence-electron chi connectivity index (χ4n) is 1.21. The van der Waals surface area contributed by atoms with Crippen LogP contribution in [0.5, 0.6) is 0 Å². The Morgan fingerprint density at radius 3 is 2.38 bits per heavy atom. The van der Waals surface area contributed by atoms with Gasteiger partial charge in [0, 0.05) is 5.92 Å². The molecule has 68 valence electrons. The van der Waals surface area contributed by atoms with E-state index in [-0.39, 0.29) is 5.92 Å². The number of aliphatic hydroxyl groups is 1. The second-order valence-corrected chi connectivity index (χ2v) is 3.04. The lowest BCUT2D eigenvalue weighted by Gasteiger charge is -2.13. The predicted octanol–water partition coefficient (Wildman–Crippen LogP) is 2.17. The number of benzene rings is 1. The van der Waals surface area contributed by atoms with E-state index in [1.165, 1.54) is 0 Å². The molecule has 1 heteroatoms. The van der Waals surface area contributed by atoms with Gasteiger partial charge in [0.05, 0.1) is 0 Å². The third-order valence-corrected chi connectivity index (χ3v) is 2.09. The maximum atomic E-state index is 9.60. The molecular weight excluding hydrogens is 160 g/mol. The molecule has 1 aromatic rings. The molecule has 13 heavy (non-hydrogen) atoms. The first-order chi connectivity index (χ1) is 6.25. The molecular formula is C12H14O. The Morgan fingerprint density at radius 1 is 1.23 bits per heavy atom. The van der Waals surface area contributed by atoms with E-state index in [0.717, 1.165) is 5.56 Å². The Bertz CT molecular complexity index is 305. The minimum atomic E-state index is -0.563. The average molecular weight is 174 g/mol. The fraction of sp³-hybridized carbons (Fsp3) is 0.333. The van der Waals surface area contributed by atoms with Crippen molar-refractivity contribution in [2.24, 2.45) is 0 Å². The number of hydrogen-bond donors (Lipinski definition) is 1. The lowest BCUT2D eigenvalue weighted by molar-refractivity contribution is 0.206. The molecule has 0 aromatic heterocycles. The summed E-state index contributed by atoms with van der Waals surface area (Å²) in [7, 11) is 0. The summed E-state index contributed by atoms with van der Waals surface area (Å²) in [5.41, 5.74) is 1.12. The first-order valence-corrected chi connectivity index (χ1v) is 4.41. The Labute approximate surface area is 79.4 Å². The van der Waals surface area contributed by atoms with E-state index < -0.39 is 6.10 Å². The van der Waals surface area contributed by atoms with Crippen molar-refractivity contribution in [1.29, 1.82) is 0 Å². The van der Waals surface area contributed by atoms with Crippen molar-refractivity contribution in [1.82, 2.24) is 0 Å². The largest absolute Gasteiger partial charge is 0.380 e. The third-order valence-electron chi connectivity index (χ3n) is 2.09. The van der Waals surface area contributed by atoms with Gasteiger partial charge in [-0.25, -0.2) is 0 Å². The van der Waals surface area contributed by atoms with Gasteiger partial charge in [0.2, 0.25) is 0 Å². The highest BCUT2D eigenvalue weighted by atomic mass is 16.3. The highest BCUT2D eigenvalue weighted by Gasteiger charge is 2.12. The van der Waals surface area contributed by atoms with Crippen molar-refractivity contribution in [3.05, 3.63) is 35.9 Å². The molecule has 2 atom stereocenters. The minimum Gasteiger partial charge on any atom is -0.380 e. The summed E-state index contributed by atoms with van der Waals surface area (Å²) in [5, 5.41) is 9.60. The normalized spacial score (nSPS) is 14.1. The molecule has 0 heterocycles. The average Bonchev–Trinajstić information content (AvgIpc) is 2.18. The van der Waals surface area contributed by atoms with Gasteiger partial charge in [-0.3, -0.25) is 0 Å². The Morgan fingerprint density at radius 2 is 1.85 bits per heavy atom. The van der Waals surface area contributed by atoms with Crippen LogP contribution in [0, 0.1) is 11.8 Å². The van der Waals surface area contributed by atoms with Crippen LogP contribution in [-0.2, 0) is 0 Å². The van der Waals surface area contributed by atoms with Crippen LogP contribution in [0.25, 0.3) is 0 Å². The van der Waals surface area contributed by atoms with E-state index in [0.29, 0.717) is 0 Å². The smallest absolute Gasteiger partial charge is 0.121 e. The predicted molar refractivity (Wildman–Crippen MR) is 54.3 cm³/mol. The maximum absolute atomic E-state index is 9.60. The van der Waals surface area contributed by atoms with Gasteiger partial charge < -0.3 is 5.11 Å². The lowest BCUT2D eigenvalue weighted by Crippen LogP contribution is -2.13. The van der Waals surface area contributed by atoms with Gasteiger partial charge in [-0.05, 0) is 12.5 Å². The molecule has 0 fully saturated rings. The molecule has 1 rings (SSSR count). The van der Waals surface area contributed by atoms with Crippen LogP contribution in [-0.4, -0.2) is 11.2 Å². The van der Waals surface area contributed by atoms with Crippen molar-refractivity contribution < 1.29 is 5.11 Å². The standard InChI is InChI=1S/C12H14O/c1-3-7-12(13)10(2)11-8-5-4-6-9-11/h4-6,8-10,12-13H,1-2H3. The maximum Gasteiger partial charge on any atom is 0.121 e. The van der Waals surface area contributed by atoms with Gasteiger partial charge in [-0.1, -0.05) is 43.2 Å². The molecule has 0 radical (unpaired) electrons. The van der Waals surface area contributed by atoms with Crippen molar-refractivity contribution >= 4 is 0 Å². The third kappa shape index (κ3) is 2.61. The van der Waals surface area contributed by atoms with E-state index in [4.69, 9.17) is 0 Å². The molecule has 0 spiro atoms. The second-order valence-electron chi connectivity index (χ2n) is 3.04. The summed E-state index contributed by atoms with van der Waals surface area (Å²) in [6, 6.07) is 9.92. The van der Waals surface area contributed by atoms with Crippen LogP contribution in [0.4, 0.5) is 0 Å². The Kier molecular flexibility index (Phi) is 3.54. The first-order valence-electron chi connectivity index (χ1n) is 4.41. The first kappa shape index (κ1) is 9.83. The Hall–Kier alpha value is -1.26. The summed E-state index contributed by atoms with van der Waals surface area (Å²) >= 11 is 0. The molecule has 0 aliphatic heterocycles. The highest BCUT2D eigenvalue weighted by Crippen LogP contribution is 2.17. The van der Waals surface area contributed by atoms with Crippen molar-refractivity contribution in [2.75, 3.05) is 0 Å². The molecule has 0 saturated carbocycles. The zero-order valence-corrected chi connectivity index (χ0v) is 7.99.